The minimum Gasteiger partial charge on any atom is -0.465 e. The third-order valence-electron chi connectivity index (χ3n) is 3.45. The average molecular weight is 398 g/mol. The summed E-state index contributed by atoms with van der Waals surface area (Å²) in [4.78, 5) is 10.2. The molecule has 4 N–H and O–H groups in total. The number of halogens is 1. The third kappa shape index (κ3) is 19.5. The Balaban J connectivity index is 3.10. The lowest BCUT2D eigenvalue weighted by molar-refractivity contribution is -0.0344. The number of ether oxygens (including phenoxy) is 5. The molecule has 0 bridgehead atoms. The summed E-state index contributed by atoms with van der Waals surface area (Å²) in [5.74, 6) is 0. The van der Waals surface area contributed by atoms with Gasteiger partial charge in [-0.05, 0) is 19.8 Å². The van der Waals surface area contributed by atoms with E-state index in [2.05, 4.69) is 5.32 Å². The van der Waals surface area contributed by atoms with Gasteiger partial charge >= 0.3 is 6.09 Å². The van der Waals surface area contributed by atoms with Crippen LogP contribution in [0.25, 0.3) is 0 Å². The van der Waals surface area contributed by atoms with Gasteiger partial charge in [-0.2, -0.15) is 0 Å². The zero-order chi connectivity index (χ0) is 20.2. The molecule has 0 aliphatic rings. The van der Waals surface area contributed by atoms with Gasteiger partial charge in [0.2, 0.25) is 0 Å². The second kappa shape index (κ2) is 19.7. The van der Waals surface area contributed by atoms with E-state index in [9.17, 15) is 9.18 Å². The molecule has 2 atom stereocenters. The number of alkyl halides is 1. The minimum absolute atomic E-state index is 0.0453. The highest BCUT2D eigenvalue weighted by atomic mass is 19.1. The van der Waals surface area contributed by atoms with Gasteiger partial charge in [-0.1, -0.05) is 0 Å². The minimum atomic E-state index is -1.15. The predicted octanol–water partition coefficient (Wildman–Crippen LogP) is 0.803. The maximum Gasteiger partial charge on any atom is 0.404 e. The topological polar surface area (TPSA) is 122 Å². The van der Waals surface area contributed by atoms with Crippen LogP contribution < -0.4 is 11.1 Å². The Morgan fingerprint density at radius 2 is 1.41 bits per heavy atom. The quantitative estimate of drug-likeness (QED) is 0.258. The van der Waals surface area contributed by atoms with Crippen molar-refractivity contribution < 1.29 is 38.0 Å². The van der Waals surface area contributed by atoms with Crippen LogP contribution in [0, 0.1) is 0 Å². The zero-order valence-corrected chi connectivity index (χ0v) is 16.2. The summed E-state index contributed by atoms with van der Waals surface area (Å²) in [6, 6.07) is 0. The Hall–Kier alpha value is -1.04. The fourth-order valence-corrected chi connectivity index (χ4v) is 1.88. The molecule has 0 rings (SSSR count). The summed E-state index contributed by atoms with van der Waals surface area (Å²) in [6.07, 6.45) is -1.13. The molecule has 0 spiro atoms. The van der Waals surface area contributed by atoms with Gasteiger partial charge < -0.3 is 39.8 Å². The number of unbranched alkanes of at least 4 members (excludes halogenated alkanes) is 1. The number of hydrogen-bond donors (Lipinski definition) is 3. The molecule has 162 valence electrons. The molecule has 1 amide bonds. The van der Waals surface area contributed by atoms with E-state index in [-0.39, 0.29) is 6.54 Å². The summed E-state index contributed by atoms with van der Waals surface area (Å²) >= 11 is 0. The molecule has 0 saturated carbocycles. The summed E-state index contributed by atoms with van der Waals surface area (Å²) < 4.78 is 39.7. The lowest BCUT2D eigenvalue weighted by Crippen LogP contribution is -2.30. The largest absolute Gasteiger partial charge is 0.465 e. The number of nitrogens with one attached hydrogen (secondary N) is 1. The fraction of sp³-hybridized carbons (Fsp3) is 0.941. The van der Waals surface area contributed by atoms with Gasteiger partial charge in [0.25, 0.3) is 0 Å². The van der Waals surface area contributed by atoms with E-state index >= 15 is 0 Å². The van der Waals surface area contributed by atoms with Crippen LogP contribution in [-0.4, -0.2) is 96.0 Å². The molecular formula is C17H35FN2O7. The summed E-state index contributed by atoms with van der Waals surface area (Å²) in [5.41, 5.74) is 5.21. The first kappa shape index (κ1) is 26.0. The molecule has 10 heteroatoms. The number of amides is 1. The number of carbonyl (C=O) groups is 1. The molecular weight excluding hydrogens is 363 g/mol. The Kier molecular flexibility index (Phi) is 19.0. The highest BCUT2D eigenvalue weighted by molar-refractivity contribution is 5.64. The van der Waals surface area contributed by atoms with E-state index in [4.69, 9.17) is 34.5 Å². The van der Waals surface area contributed by atoms with Crippen LogP contribution in [0.4, 0.5) is 9.18 Å². The molecule has 9 nitrogen and oxygen atoms in total. The maximum absolute atomic E-state index is 13.1. The Bertz CT molecular complexity index is 340. The van der Waals surface area contributed by atoms with Crippen LogP contribution >= 0.6 is 0 Å². The van der Waals surface area contributed by atoms with Gasteiger partial charge in [-0.25, -0.2) is 9.18 Å². The van der Waals surface area contributed by atoms with Crippen molar-refractivity contribution in [1.29, 1.82) is 0 Å². The van der Waals surface area contributed by atoms with Crippen molar-refractivity contribution in [2.45, 2.75) is 32.0 Å². The smallest absolute Gasteiger partial charge is 0.404 e. The molecule has 2 unspecified atom stereocenters. The van der Waals surface area contributed by atoms with E-state index in [1.807, 2.05) is 0 Å². The normalized spacial score (nSPS) is 13.4. The van der Waals surface area contributed by atoms with E-state index in [1.54, 1.807) is 6.92 Å². The third-order valence-corrected chi connectivity index (χ3v) is 3.45. The Morgan fingerprint density at radius 3 is 1.89 bits per heavy atom. The standard InChI is InChI=1S/C17H35FN2O7/c1-15(16(18)14-19)27-13-12-26-11-10-25-9-8-24-7-6-23-5-3-2-4-20-17(21)22/h15-16,20H,2-14,19H2,1H3,(H,21,22). The van der Waals surface area contributed by atoms with Crippen molar-refractivity contribution in [3.63, 3.8) is 0 Å². The summed E-state index contributed by atoms with van der Waals surface area (Å²) in [5, 5.41) is 10.7. The molecule has 0 aromatic carbocycles. The van der Waals surface area contributed by atoms with E-state index in [1.165, 1.54) is 0 Å². The van der Waals surface area contributed by atoms with E-state index in [0.717, 1.165) is 12.8 Å². The highest BCUT2D eigenvalue weighted by Gasteiger charge is 2.14. The number of carboxylic acid groups (broad SMARTS) is 1. The van der Waals surface area contributed by atoms with Gasteiger partial charge in [-0.15, -0.1) is 0 Å². The first-order valence-electron chi connectivity index (χ1n) is 9.31. The molecule has 0 fully saturated rings. The number of rotatable bonds is 20. The molecule has 27 heavy (non-hydrogen) atoms. The second-order valence-electron chi connectivity index (χ2n) is 5.72. The lowest BCUT2D eigenvalue weighted by atomic mass is 10.2. The maximum atomic E-state index is 13.1. The predicted molar refractivity (Wildman–Crippen MR) is 97.9 cm³/mol. The monoisotopic (exact) mass is 398 g/mol. The lowest BCUT2D eigenvalue weighted by Gasteiger charge is -2.15. The second-order valence-corrected chi connectivity index (χ2v) is 5.72. The molecule has 0 aliphatic carbocycles. The average Bonchev–Trinajstić information content (AvgIpc) is 2.65. The van der Waals surface area contributed by atoms with Crippen molar-refractivity contribution in [2.75, 3.05) is 72.6 Å². The summed E-state index contributed by atoms with van der Waals surface area (Å²) in [7, 11) is 0. The Morgan fingerprint density at radius 1 is 0.926 bits per heavy atom. The number of hydrogen-bond acceptors (Lipinski definition) is 7. The van der Waals surface area contributed by atoms with Gasteiger partial charge in [0.1, 0.15) is 6.17 Å². The van der Waals surface area contributed by atoms with Gasteiger partial charge in [0.05, 0.1) is 59.0 Å². The molecule has 0 radical (unpaired) electrons. The van der Waals surface area contributed by atoms with Crippen LogP contribution in [0.2, 0.25) is 0 Å². The van der Waals surface area contributed by atoms with Crippen molar-refractivity contribution in [3.05, 3.63) is 0 Å². The molecule has 0 aromatic heterocycles. The van der Waals surface area contributed by atoms with Crippen LogP contribution in [0.15, 0.2) is 0 Å². The Labute approximate surface area is 160 Å². The van der Waals surface area contributed by atoms with Crippen molar-refractivity contribution in [1.82, 2.24) is 5.32 Å². The zero-order valence-electron chi connectivity index (χ0n) is 16.2. The van der Waals surface area contributed by atoms with Crippen LogP contribution in [-0.2, 0) is 23.7 Å². The van der Waals surface area contributed by atoms with E-state index < -0.39 is 18.4 Å². The van der Waals surface area contributed by atoms with Gasteiger partial charge in [0.15, 0.2) is 0 Å². The first-order chi connectivity index (χ1) is 13.1. The van der Waals surface area contributed by atoms with Crippen molar-refractivity contribution in [3.8, 4) is 0 Å². The van der Waals surface area contributed by atoms with Gasteiger partial charge in [-0.3, -0.25) is 0 Å². The summed E-state index contributed by atoms with van der Waals surface area (Å²) in [6.45, 7) is 6.14. The SMILES string of the molecule is CC(OCCOCCOCCOCCOCCCCNC(=O)O)C(F)CN. The van der Waals surface area contributed by atoms with Crippen LogP contribution in [0.3, 0.4) is 0 Å². The van der Waals surface area contributed by atoms with Crippen LogP contribution in [0.5, 0.6) is 0 Å². The van der Waals surface area contributed by atoms with E-state index in [0.29, 0.717) is 66.0 Å². The number of nitrogens with two attached hydrogens (primary N) is 1. The first-order valence-corrected chi connectivity index (χ1v) is 9.31. The fourth-order valence-electron chi connectivity index (χ4n) is 1.88. The molecule has 0 saturated heterocycles. The molecule has 0 aliphatic heterocycles. The van der Waals surface area contributed by atoms with Crippen LogP contribution in [0.1, 0.15) is 19.8 Å². The van der Waals surface area contributed by atoms with Gasteiger partial charge in [0, 0.05) is 19.7 Å². The highest BCUT2D eigenvalue weighted by Crippen LogP contribution is 2.01. The molecule has 0 heterocycles. The molecule has 0 aromatic rings. The van der Waals surface area contributed by atoms with Crippen molar-refractivity contribution in [2.24, 2.45) is 5.73 Å². The van der Waals surface area contributed by atoms with Crippen molar-refractivity contribution >= 4 is 6.09 Å².